The molecule has 1 saturated heterocycles. The predicted molar refractivity (Wildman–Crippen MR) is 52.5 cm³/mol. The van der Waals surface area contributed by atoms with Gasteiger partial charge in [0.1, 0.15) is 0 Å². The highest BCUT2D eigenvalue weighted by molar-refractivity contribution is 7.99. The summed E-state index contributed by atoms with van der Waals surface area (Å²) >= 11 is 1.95. The van der Waals surface area contributed by atoms with Crippen LogP contribution in [0, 0.1) is 5.92 Å². The second-order valence-electron chi connectivity index (χ2n) is 3.52. The Kier molecular flexibility index (Phi) is 1.82. The monoisotopic (exact) mass is 193 g/mol. The number of benzene rings is 1. The van der Waals surface area contributed by atoms with Gasteiger partial charge in [-0.25, -0.2) is 0 Å². The summed E-state index contributed by atoms with van der Waals surface area (Å²) in [6, 6.07) is 9.01. The summed E-state index contributed by atoms with van der Waals surface area (Å²) in [4.78, 5) is 6.69. The molecule has 3 heteroatoms. The van der Waals surface area contributed by atoms with E-state index < -0.39 is 0 Å². The first kappa shape index (κ1) is 7.85. The van der Waals surface area contributed by atoms with Crippen LogP contribution < -0.4 is 5.48 Å². The minimum atomic E-state index is 0.428. The molecule has 3 rings (SSSR count). The quantitative estimate of drug-likeness (QED) is 0.680. The van der Waals surface area contributed by atoms with Gasteiger partial charge in [-0.15, -0.1) is 11.8 Å². The standard InChI is InChI=1S/C10H11NOS/c1-2-4-9-8(3-1)10-7(6-13-9)5-12-11-10/h1-4,7,10-11H,5-6H2. The molecule has 0 saturated carbocycles. The van der Waals surface area contributed by atoms with Gasteiger partial charge in [0.25, 0.3) is 0 Å². The number of fused-ring (bicyclic) bond motifs is 3. The van der Waals surface area contributed by atoms with Crippen LogP contribution in [-0.4, -0.2) is 12.4 Å². The van der Waals surface area contributed by atoms with Crippen LogP contribution in [0.1, 0.15) is 11.6 Å². The van der Waals surface area contributed by atoms with Gasteiger partial charge in [0.15, 0.2) is 0 Å². The van der Waals surface area contributed by atoms with Crippen molar-refractivity contribution in [2.24, 2.45) is 5.92 Å². The molecule has 2 aliphatic rings. The van der Waals surface area contributed by atoms with Gasteiger partial charge in [0, 0.05) is 16.6 Å². The Bertz CT molecular complexity index is 328. The third-order valence-corrected chi connectivity index (χ3v) is 3.96. The first-order valence-electron chi connectivity index (χ1n) is 4.54. The third-order valence-electron chi connectivity index (χ3n) is 2.69. The van der Waals surface area contributed by atoms with Gasteiger partial charge >= 0.3 is 0 Å². The zero-order valence-corrected chi connectivity index (χ0v) is 8.01. The van der Waals surface area contributed by atoms with Gasteiger partial charge in [-0.05, 0) is 11.6 Å². The molecule has 13 heavy (non-hydrogen) atoms. The summed E-state index contributed by atoms with van der Waals surface area (Å²) in [6.07, 6.45) is 0. The van der Waals surface area contributed by atoms with E-state index in [1.165, 1.54) is 16.2 Å². The highest BCUT2D eigenvalue weighted by Gasteiger charge is 2.34. The summed E-state index contributed by atoms with van der Waals surface area (Å²) < 4.78 is 0. The van der Waals surface area contributed by atoms with Crippen LogP contribution in [0.2, 0.25) is 0 Å². The number of hydroxylamine groups is 1. The minimum absolute atomic E-state index is 0.428. The van der Waals surface area contributed by atoms with Crippen molar-refractivity contribution in [1.29, 1.82) is 0 Å². The van der Waals surface area contributed by atoms with E-state index in [0.717, 1.165) is 6.61 Å². The van der Waals surface area contributed by atoms with E-state index in [1.807, 2.05) is 11.8 Å². The molecule has 0 aliphatic carbocycles. The lowest BCUT2D eigenvalue weighted by Crippen LogP contribution is -2.22. The number of rotatable bonds is 0. The van der Waals surface area contributed by atoms with Crippen LogP contribution in [0.25, 0.3) is 0 Å². The topological polar surface area (TPSA) is 21.3 Å². The molecule has 2 heterocycles. The first-order chi connectivity index (χ1) is 6.45. The van der Waals surface area contributed by atoms with E-state index in [2.05, 4.69) is 29.7 Å². The van der Waals surface area contributed by atoms with E-state index in [9.17, 15) is 0 Å². The van der Waals surface area contributed by atoms with Gasteiger partial charge in [0.2, 0.25) is 0 Å². The van der Waals surface area contributed by atoms with Crippen molar-refractivity contribution >= 4 is 11.8 Å². The normalized spacial score (nSPS) is 31.1. The lowest BCUT2D eigenvalue weighted by molar-refractivity contribution is 0.0864. The molecule has 1 aromatic carbocycles. The molecular formula is C10H11NOS. The maximum atomic E-state index is 5.29. The molecule has 0 bridgehead atoms. The van der Waals surface area contributed by atoms with Crippen LogP contribution in [0.5, 0.6) is 0 Å². The highest BCUT2D eigenvalue weighted by atomic mass is 32.2. The van der Waals surface area contributed by atoms with E-state index in [0.29, 0.717) is 12.0 Å². The molecule has 1 N–H and O–H groups in total. The molecule has 0 aromatic heterocycles. The van der Waals surface area contributed by atoms with Gasteiger partial charge in [-0.3, -0.25) is 0 Å². The fourth-order valence-corrected chi connectivity index (χ4v) is 3.18. The Morgan fingerprint density at radius 3 is 3.31 bits per heavy atom. The van der Waals surface area contributed by atoms with Crippen molar-refractivity contribution in [3.63, 3.8) is 0 Å². The summed E-state index contributed by atoms with van der Waals surface area (Å²) in [7, 11) is 0. The molecule has 1 fully saturated rings. The molecule has 2 atom stereocenters. The summed E-state index contributed by atoms with van der Waals surface area (Å²) in [5, 5.41) is 0. The molecule has 1 aromatic rings. The molecule has 0 spiro atoms. The van der Waals surface area contributed by atoms with E-state index >= 15 is 0 Å². The van der Waals surface area contributed by atoms with Gasteiger partial charge < -0.3 is 4.84 Å². The van der Waals surface area contributed by atoms with Crippen LogP contribution in [0.3, 0.4) is 0 Å². The maximum absolute atomic E-state index is 5.29. The predicted octanol–water partition coefficient (Wildman–Crippen LogP) is 1.98. The number of nitrogens with one attached hydrogen (secondary N) is 1. The van der Waals surface area contributed by atoms with Crippen molar-refractivity contribution in [2.75, 3.05) is 12.4 Å². The van der Waals surface area contributed by atoms with Crippen LogP contribution >= 0.6 is 11.8 Å². The van der Waals surface area contributed by atoms with Gasteiger partial charge in [-0.2, -0.15) is 5.48 Å². The number of hydrogen-bond donors (Lipinski definition) is 1. The molecule has 68 valence electrons. The smallest absolute Gasteiger partial charge is 0.0737 e. The Balaban J connectivity index is 2.06. The zero-order chi connectivity index (χ0) is 8.67. The lowest BCUT2D eigenvalue weighted by atomic mass is 9.96. The fraction of sp³-hybridized carbons (Fsp3) is 0.400. The zero-order valence-electron chi connectivity index (χ0n) is 7.19. The Morgan fingerprint density at radius 2 is 2.31 bits per heavy atom. The van der Waals surface area contributed by atoms with Crippen molar-refractivity contribution in [1.82, 2.24) is 5.48 Å². The largest absolute Gasteiger partial charge is 0.301 e. The van der Waals surface area contributed by atoms with Crippen LogP contribution in [-0.2, 0) is 4.84 Å². The highest BCUT2D eigenvalue weighted by Crippen LogP contribution is 2.41. The maximum Gasteiger partial charge on any atom is 0.0737 e. The Hall–Kier alpha value is -0.510. The number of hydrogen-bond acceptors (Lipinski definition) is 3. The third kappa shape index (κ3) is 1.19. The van der Waals surface area contributed by atoms with Crippen LogP contribution in [0.4, 0.5) is 0 Å². The molecular weight excluding hydrogens is 182 g/mol. The molecule has 0 amide bonds. The molecule has 0 radical (unpaired) electrons. The number of thioether (sulfide) groups is 1. The van der Waals surface area contributed by atoms with Crippen molar-refractivity contribution in [3.05, 3.63) is 29.8 Å². The fourth-order valence-electron chi connectivity index (χ4n) is 1.96. The Labute approximate surface area is 81.6 Å². The average Bonchev–Trinajstić information content (AvgIpc) is 2.65. The van der Waals surface area contributed by atoms with Crippen molar-refractivity contribution < 1.29 is 4.84 Å². The molecule has 2 nitrogen and oxygen atoms in total. The summed E-state index contributed by atoms with van der Waals surface area (Å²) in [5.41, 5.74) is 4.51. The van der Waals surface area contributed by atoms with Crippen molar-refractivity contribution in [3.8, 4) is 0 Å². The second-order valence-corrected chi connectivity index (χ2v) is 4.58. The Morgan fingerprint density at radius 1 is 1.38 bits per heavy atom. The van der Waals surface area contributed by atoms with E-state index in [1.54, 1.807) is 0 Å². The minimum Gasteiger partial charge on any atom is -0.301 e. The second kappa shape index (κ2) is 3.01. The SMILES string of the molecule is c1ccc2c(c1)SCC1CONC21. The van der Waals surface area contributed by atoms with Crippen molar-refractivity contribution in [2.45, 2.75) is 10.9 Å². The van der Waals surface area contributed by atoms with Crippen LogP contribution in [0.15, 0.2) is 29.2 Å². The van der Waals surface area contributed by atoms with Gasteiger partial charge in [-0.1, -0.05) is 18.2 Å². The molecule has 2 unspecified atom stereocenters. The van der Waals surface area contributed by atoms with Gasteiger partial charge in [0.05, 0.1) is 12.6 Å². The average molecular weight is 193 g/mol. The first-order valence-corrected chi connectivity index (χ1v) is 5.53. The molecule has 2 aliphatic heterocycles. The lowest BCUT2D eigenvalue weighted by Gasteiger charge is -2.25. The van der Waals surface area contributed by atoms with E-state index in [-0.39, 0.29) is 0 Å². The summed E-state index contributed by atoms with van der Waals surface area (Å²) in [6.45, 7) is 0.853. The summed E-state index contributed by atoms with van der Waals surface area (Å²) in [5.74, 6) is 1.83. The van der Waals surface area contributed by atoms with E-state index in [4.69, 9.17) is 4.84 Å².